The van der Waals surface area contributed by atoms with Crippen molar-refractivity contribution < 1.29 is 4.74 Å². The van der Waals surface area contributed by atoms with Gasteiger partial charge < -0.3 is 15.4 Å². The Morgan fingerprint density at radius 3 is 2.73 bits per heavy atom. The van der Waals surface area contributed by atoms with Gasteiger partial charge in [0.2, 0.25) is 0 Å². The zero-order valence-electron chi connectivity index (χ0n) is 9.71. The molecule has 0 aromatic carbocycles. The van der Waals surface area contributed by atoms with E-state index in [4.69, 9.17) is 17.0 Å². The maximum absolute atomic E-state index is 5.48. The third-order valence-corrected chi connectivity index (χ3v) is 2.91. The van der Waals surface area contributed by atoms with Gasteiger partial charge in [-0.3, -0.25) is 0 Å². The highest BCUT2D eigenvalue weighted by Crippen LogP contribution is 2.22. The highest BCUT2D eigenvalue weighted by Gasteiger charge is 2.29. The molecule has 88 valence electrons. The normalized spacial score (nSPS) is 24.4. The summed E-state index contributed by atoms with van der Waals surface area (Å²) in [4.78, 5) is 0. The molecule has 1 aliphatic rings. The van der Waals surface area contributed by atoms with Crippen LogP contribution in [0.5, 0.6) is 0 Å². The molecule has 0 atom stereocenters. The van der Waals surface area contributed by atoms with Gasteiger partial charge in [-0.2, -0.15) is 0 Å². The quantitative estimate of drug-likeness (QED) is 0.539. The Hall–Kier alpha value is -0.350. The molecule has 2 N–H and O–H groups in total. The Balaban J connectivity index is 1.98. The zero-order valence-corrected chi connectivity index (χ0v) is 10.5. The SMILES string of the molecule is CCCCNC(=S)NC1CC(OCC)C1. The summed E-state index contributed by atoms with van der Waals surface area (Å²) in [6.07, 6.45) is 5.00. The second-order valence-electron chi connectivity index (χ2n) is 4.00. The predicted molar refractivity (Wildman–Crippen MR) is 67.1 cm³/mol. The summed E-state index contributed by atoms with van der Waals surface area (Å²) in [5.41, 5.74) is 0. The molecule has 1 aliphatic carbocycles. The van der Waals surface area contributed by atoms with E-state index in [0.29, 0.717) is 12.1 Å². The minimum absolute atomic E-state index is 0.450. The lowest BCUT2D eigenvalue weighted by molar-refractivity contribution is -0.00562. The van der Waals surface area contributed by atoms with E-state index in [9.17, 15) is 0 Å². The van der Waals surface area contributed by atoms with Crippen LogP contribution >= 0.6 is 12.2 Å². The van der Waals surface area contributed by atoms with Crippen molar-refractivity contribution in [2.24, 2.45) is 0 Å². The lowest BCUT2D eigenvalue weighted by Gasteiger charge is -2.36. The van der Waals surface area contributed by atoms with E-state index >= 15 is 0 Å². The molecule has 0 unspecified atom stereocenters. The summed E-state index contributed by atoms with van der Waals surface area (Å²) < 4.78 is 5.48. The standard InChI is InChI=1S/C11H22N2OS/c1-3-5-6-12-11(15)13-9-7-10(8-9)14-4-2/h9-10H,3-8H2,1-2H3,(H2,12,13,15). The predicted octanol–water partition coefficient (Wildman–Crippen LogP) is 1.82. The number of unbranched alkanes of at least 4 members (excludes halogenated alkanes) is 1. The third-order valence-electron chi connectivity index (χ3n) is 2.65. The van der Waals surface area contributed by atoms with Crippen molar-refractivity contribution in [3.63, 3.8) is 0 Å². The van der Waals surface area contributed by atoms with Gasteiger partial charge in [-0.15, -0.1) is 0 Å². The molecule has 1 fully saturated rings. The molecule has 1 rings (SSSR count). The molecule has 0 spiro atoms. The van der Waals surface area contributed by atoms with Crippen molar-refractivity contribution in [2.75, 3.05) is 13.2 Å². The zero-order chi connectivity index (χ0) is 11.1. The van der Waals surface area contributed by atoms with E-state index in [2.05, 4.69) is 17.6 Å². The topological polar surface area (TPSA) is 33.3 Å². The molecule has 1 saturated carbocycles. The van der Waals surface area contributed by atoms with Crippen LogP contribution in [0, 0.1) is 0 Å². The summed E-state index contributed by atoms with van der Waals surface area (Å²) >= 11 is 5.18. The lowest BCUT2D eigenvalue weighted by atomic mass is 9.89. The Labute approximate surface area is 98.0 Å². The monoisotopic (exact) mass is 230 g/mol. The number of hydrogen-bond donors (Lipinski definition) is 2. The average molecular weight is 230 g/mol. The molecular formula is C11H22N2OS. The molecular weight excluding hydrogens is 208 g/mol. The van der Waals surface area contributed by atoms with Gasteiger partial charge in [0.1, 0.15) is 0 Å². The first-order valence-corrected chi connectivity index (χ1v) is 6.33. The summed E-state index contributed by atoms with van der Waals surface area (Å²) in [5, 5.41) is 7.31. The molecule has 0 aliphatic heterocycles. The highest BCUT2D eigenvalue weighted by atomic mass is 32.1. The fourth-order valence-corrected chi connectivity index (χ4v) is 1.94. The Kier molecular flexibility index (Phi) is 5.95. The average Bonchev–Trinajstić information content (AvgIpc) is 2.15. The number of ether oxygens (including phenoxy) is 1. The highest BCUT2D eigenvalue weighted by molar-refractivity contribution is 7.80. The Bertz CT molecular complexity index is 193. The van der Waals surface area contributed by atoms with Crippen LogP contribution in [-0.2, 0) is 4.74 Å². The van der Waals surface area contributed by atoms with Gasteiger partial charge >= 0.3 is 0 Å². The summed E-state index contributed by atoms with van der Waals surface area (Å²) in [6.45, 7) is 6.01. The first kappa shape index (κ1) is 12.7. The number of thiocarbonyl (C=S) groups is 1. The van der Waals surface area contributed by atoms with E-state index in [1.54, 1.807) is 0 Å². The van der Waals surface area contributed by atoms with Crippen molar-refractivity contribution in [3.8, 4) is 0 Å². The first-order chi connectivity index (χ1) is 7.26. The molecule has 0 saturated heterocycles. The fourth-order valence-electron chi connectivity index (χ4n) is 1.67. The van der Waals surface area contributed by atoms with Gasteiger partial charge in [0.15, 0.2) is 5.11 Å². The van der Waals surface area contributed by atoms with Crippen LogP contribution in [-0.4, -0.2) is 30.4 Å². The van der Waals surface area contributed by atoms with Gasteiger partial charge in [-0.05, 0) is 38.4 Å². The van der Waals surface area contributed by atoms with Crippen molar-refractivity contribution in [1.82, 2.24) is 10.6 Å². The van der Waals surface area contributed by atoms with E-state index in [1.165, 1.54) is 12.8 Å². The van der Waals surface area contributed by atoms with E-state index in [1.807, 2.05) is 6.92 Å². The second-order valence-corrected chi connectivity index (χ2v) is 4.41. The first-order valence-electron chi connectivity index (χ1n) is 5.92. The number of hydrogen-bond acceptors (Lipinski definition) is 2. The van der Waals surface area contributed by atoms with Crippen LogP contribution in [0.4, 0.5) is 0 Å². The van der Waals surface area contributed by atoms with E-state index in [0.717, 1.165) is 31.1 Å². The van der Waals surface area contributed by atoms with Gasteiger partial charge in [0, 0.05) is 19.2 Å². The summed E-state index contributed by atoms with van der Waals surface area (Å²) in [7, 11) is 0. The number of rotatable bonds is 6. The second kappa shape index (κ2) is 7.01. The van der Waals surface area contributed by atoms with Crippen molar-refractivity contribution in [1.29, 1.82) is 0 Å². The van der Waals surface area contributed by atoms with Gasteiger partial charge in [-0.1, -0.05) is 13.3 Å². The van der Waals surface area contributed by atoms with Crippen LogP contribution in [0.1, 0.15) is 39.5 Å². The van der Waals surface area contributed by atoms with Crippen LogP contribution < -0.4 is 10.6 Å². The molecule has 0 aromatic rings. The minimum atomic E-state index is 0.450. The molecule has 0 bridgehead atoms. The van der Waals surface area contributed by atoms with Crippen molar-refractivity contribution in [3.05, 3.63) is 0 Å². The third kappa shape index (κ3) is 4.80. The largest absolute Gasteiger partial charge is 0.378 e. The van der Waals surface area contributed by atoms with Gasteiger partial charge in [0.05, 0.1) is 6.10 Å². The summed E-state index contributed by atoms with van der Waals surface area (Å²) in [6, 6.07) is 0.517. The maximum atomic E-state index is 5.48. The molecule has 15 heavy (non-hydrogen) atoms. The van der Waals surface area contributed by atoms with Crippen LogP contribution in [0.3, 0.4) is 0 Å². The number of nitrogens with one attached hydrogen (secondary N) is 2. The molecule has 0 aromatic heterocycles. The maximum Gasteiger partial charge on any atom is 0.166 e. The Morgan fingerprint density at radius 2 is 2.13 bits per heavy atom. The van der Waals surface area contributed by atoms with E-state index < -0.39 is 0 Å². The minimum Gasteiger partial charge on any atom is -0.378 e. The van der Waals surface area contributed by atoms with Crippen LogP contribution in [0.25, 0.3) is 0 Å². The molecule has 3 nitrogen and oxygen atoms in total. The van der Waals surface area contributed by atoms with Gasteiger partial charge in [-0.25, -0.2) is 0 Å². The van der Waals surface area contributed by atoms with Crippen molar-refractivity contribution in [2.45, 2.75) is 51.7 Å². The molecule has 0 amide bonds. The molecule has 4 heteroatoms. The van der Waals surface area contributed by atoms with Crippen LogP contribution in [0.2, 0.25) is 0 Å². The van der Waals surface area contributed by atoms with E-state index in [-0.39, 0.29) is 0 Å². The summed E-state index contributed by atoms with van der Waals surface area (Å²) in [5.74, 6) is 0. The van der Waals surface area contributed by atoms with Gasteiger partial charge in [0.25, 0.3) is 0 Å². The fraction of sp³-hybridized carbons (Fsp3) is 0.909. The Morgan fingerprint density at radius 1 is 1.40 bits per heavy atom. The molecule has 0 heterocycles. The lowest BCUT2D eigenvalue weighted by Crippen LogP contribution is -2.50. The van der Waals surface area contributed by atoms with Crippen LogP contribution in [0.15, 0.2) is 0 Å². The molecule has 0 radical (unpaired) electrons. The van der Waals surface area contributed by atoms with Crippen molar-refractivity contribution >= 4 is 17.3 Å². The smallest absolute Gasteiger partial charge is 0.166 e.